The van der Waals surface area contributed by atoms with Crippen LogP contribution in [0.5, 0.6) is 0 Å². The van der Waals surface area contributed by atoms with Gasteiger partial charge in [0.05, 0.1) is 16.7 Å². The van der Waals surface area contributed by atoms with Crippen LogP contribution < -0.4 is 5.32 Å². The lowest BCUT2D eigenvalue weighted by atomic mass is 10.2. The van der Waals surface area contributed by atoms with Crippen LogP contribution in [0.2, 0.25) is 0 Å². The number of furan rings is 1. The summed E-state index contributed by atoms with van der Waals surface area (Å²) in [6.07, 6.45) is 3.06. The number of thiocarbonyl (C=S) groups is 1. The van der Waals surface area contributed by atoms with Gasteiger partial charge in [0.25, 0.3) is 5.91 Å². The van der Waals surface area contributed by atoms with Gasteiger partial charge in [0, 0.05) is 11.8 Å². The molecule has 0 spiro atoms. The first-order valence-corrected chi connectivity index (χ1v) is 9.04. The van der Waals surface area contributed by atoms with Crippen LogP contribution in [0.3, 0.4) is 0 Å². The molecule has 27 heavy (non-hydrogen) atoms. The number of aromatic carboxylic acids is 1. The average molecular weight is 402 g/mol. The molecule has 1 aromatic heterocycles. The fourth-order valence-electron chi connectivity index (χ4n) is 2.41. The normalized spacial score (nSPS) is 16.6. The summed E-state index contributed by atoms with van der Waals surface area (Å²) in [5, 5.41) is 11.6. The number of carboxylic acids is 1. The molecule has 2 aromatic rings. The van der Waals surface area contributed by atoms with Crippen LogP contribution in [-0.4, -0.2) is 38.2 Å². The Morgan fingerprint density at radius 3 is 2.78 bits per heavy atom. The third-order valence-electron chi connectivity index (χ3n) is 3.78. The molecule has 3 rings (SSSR count). The van der Waals surface area contributed by atoms with Gasteiger partial charge in [-0.25, -0.2) is 4.79 Å². The van der Waals surface area contributed by atoms with Crippen LogP contribution >= 0.6 is 24.0 Å². The van der Waals surface area contributed by atoms with Crippen molar-refractivity contribution in [1.29, 1.82) is 0 Å². The molecule has 0 aliphatic carbocycles. The van der Waals surface area contributed by atoms with Crippen LogP contribution in [0.15, 0.2) is 52.0 Å². The number of carbonyl (C=O) groups excluding carboxylic acids is 2. The molecule has 9 heteroatoms. The largest absolute Gasteiger partial charge is 0.478 e. The zero-order chi connectivity index (χ0) is 19.6. The highest BCUT2D eigenvalue weighted by Gasteiger charge is 2.38. The molecule has 1 atom stereocenters. The summed E-state index contributed by atoms with van der Waals surface area (Å²) >= 11 is 6.33. The zero-order valence-electron chi connectivity index (χ0n) is 14.0. The second-order valence-electron chi connectivity index (χ2n) is 5.62. The molecule has 1 aliphatic rings. The fraction of sp³-hybridized carbons (Fsp3) is 0.111. The van der Waals surface area contributed by atoms with Gasteiger partial charge in [-0.3, -0.25) is 14.5 Å². The van der Waals surface area contributed by atoms with Gasteiger partial charge < -0.3 is 14.8 Å². The van der Waals surface area contributed by atoms with E-state index in [-0.39, 0.29) is 15.8 Å². The fourth-order valence-corrected chi connectivity index (χ4v) is 3.81. The maximum atomic E-state index is 12.6. The summed E-state index contributed by atoms with van der Waals surface area (Å²) in [7, 11) is 0. The SMILES string of the molecule is C[C@@H](C(=O)Nc1cccc(C(=O)O)c1)N1C(=O)/C(=C\c2ccco2)SC1=S. The summed E-state index contributed by atoms with van der Waals surface area (Å²) in [5.41, 5.74) is 0.371. The van der Waals surface area contributed by atoms with Crippen molar-refractivity contribution in [1.82, 2.24) is 4.90 Å². The van der Waals surface area contributed by atoms with Crippen molar-refractivity contribution in [2.24, 2.45) is 0 Å². The number of thioether (sulfide) groups is 1. The van der Waals surface area contributed by atoms with E-state index in [9.17, 15) is 14.4 Å². The van der Waals surface area contributed by atoms with Crippen molar-refractivity contribution >= 4 is 57.8 Å². The first-order chi connectivity index (χ1) is 12.9. The second-order valence-corrected chi connectivity index (χ2v) is 7.29. The van der Waals surface area contributed by atoms with E-state index in [0.717, 1.165) is 11.8 Å². The molecular formula is C18H14N2O5S2. The maximum absolute atomic E-state index is 12.6. The number of nitrogens with one attached hydrogen (secondary N) is 1. The topological polar surface area (TPSA) is 99.9 Å². The van der Waals surface area contributed by atoms with Crippen LogP contribution in [0, 0.1) is 0 Å². The minimum Gasteiger partial charge on any atom is -0.478 e. The zero-order valence-corrected chi connectivity index (χ0v) is 15.7. The molecule has 0 radical (unpaired) electrons. The molecule has 0 bridgehead atoms. The quantitative estimate of drug-likeness (QED) is 0.585. The molecule has 0 unspecified atom stereocenters. The average Bonchev–Trinajstić information content (AvgIpc) is 3.23. The summed E-state index contributed by atoms with van der Waals surface area (Å²) in [5.74, 6) is -1.45. The van der Waals surface area contributed by atoms with E-state index in [1.165, 1.54) is 29.4 Å². The van der Waals surface area contributed by atoms with Crippen LogP contribution in [0.25, 0.3) is 6.08 Å². The molecule has 1 aliphatic heterocycles. The smallest absolute Gasteiger partial charge is 0.335 e. The standard InChI is InChI=1S/C18H14N2O5S2/c1-10(15(21)19-12-5-2-4-11(8-12)17(23)24)20-16(22)14(27-18(20)26)9-13-6-3-7-25-13/h2-10H,1H3,(H,19,21)(H,23,24)/b14-9+/t10-/m0/s1. The van der Waals surface area contributed by atoms with E-state index in [4.69, 9.17) is 21.7 Å². The predicted molar refractivity (Wildman–Crippen MR) is 105 cm³/mol. The Morgan fingerprint density at radius 1 is 1.33 bits per heavy atom. The van der Waals surface area contributed by atoms with Crippen LogP contribution in [-0.2, 0) is 9.59 Å². The number of carboxylic acid groups (broad SMARTS) is 1. The van der Waals surface area contributed by atoms with Gasteiger partial charge in [0.2, 0.25) is 5.91 Å². The molecule has 2 heterocycles. The Balaban J connectivity index is 1.75. The second kappa shape index (κ2) is 7.77. The molecule has 1 saturated heterocycles. The number of hydrogen-bond acceptors (Lipinski definition) is 6. The van der Waals surface area contributed by atoms with Crippen molar-refractivity contribution in [3.63, 3.8) is 0 Å². The first-order valence-electron chi connectivity index (χ1n) is 7.81. The predicted octanol–water partition coefficient (Wildman–Crippen LogP) is 3.21. The van der Waals surface area contributed by atoms with Crippen molar-refractivity contribution in [3.8, 4) is 0 Å². The monoisotopic (exact) mass is 402 g/mol. The van der Waals surface area contributed by atoms with Gasteiger partial charge in [-0.05, 0) is 37.3 Å². The summed E-state index contributed by atoms with van der Waals surface area (Å²) in [6.45, 7) is 1.55. The molecule has 0 saturated carbocycles. The van der Waals surface area contributed by atoms with Crippen molar-refractivity contribution in [3.05, 3.63) is 58.9 Å². The van der Waals surface area contributed by atoms with Gasteiger partial charge in [-0.1, -0.05) is 30.0 Å². The third kappa shape index (κ3) is 4.09. The van der Waals surface area contributed by atoms with E-state index >= 15 is 0 Å². The number of anilines is 1. The summed E-state index contributed by atoms with van der Waals surface area (Å²) in [4.78, 5) is 37.8. The first kappa shape index (κ1) is 18.9. The molecule has 2 N–H and O–H groups in total. The Morgan fingerprint density at radius 2 is 2.11 bits per heavy atom. The lowest BCUT2D eigenvalue weighted by molar-refractivity contribution is -0.129. The number of nitrogens with zero attached hydrogens (tertiary/aromatic N) is 1. The van der Waals surface area contributed by atoms with Gasteiger partial charge in [0.1, 0.15) is 16.1 Å². The number of rotatable bonds is 5. The van der Waals surface area contributed by atoms with Crippen LogP contribution in [0.1, 0.15) is 23.0 Å². The highest BCUT2D eigenvalue weighted by Crippen LogP contribution is 2.34. The highest BCUT2D eigenvalue weighted by molar-refractivity contribution is 8.26. The van der Waals surface area contributed by atoms with E-state index in [2.05, 4.69) is 5.32 Å². The van der Waals surface area contributed by atoms with E-state index < -0.39 is 17.9 Å². The lowest BCUT2D eigenvalue weighted by Crippen LogP contribution is -2.44. The highest BCUT2D eigenvalue weighted by atomic mass is 32.2. The Kier molecular flexibility index (Phi) is 5.43. The number of hydrogen-bond donors (Lipinski definition) is 2. The Bertz CT molecular complexity index is 952. The molecular weight excluding hydrogens is 388 g/mol. The van der Waals surface area contributed by atoms with E-state index in [1.54, 1.807) is 31.2 Å². The molecule has 1 aromatic carbocycles. The summed E-state index contributed by atoms with van der Waals surface area (Å²) in [6, 6.07) is 8.39. The van der Waals surface area contributed by atoms with Gasteiger partial charge in [-0.2, -0.15) is 0 Å². The van der Waals surface area contributed by atoms with E-state index in [0.29, 0.717) is 16.4 Å². The van der Waals surface area contributed by atoms with Crippen molar-refractivity contribution in [2.45, 2.75) is 13.0 Å². The molecule has 1 fully saturated rings. The Hall–Kier alpha value is -2.91. The maximum Gasteiger partial charge on any atom is 0.335 e. The number of benzene rings is 1. The molecule has 2 amide bonds. The lowest BCUT2D eigenvalue weighted by Gasteiger charge is -2.22. The Labute approximate surface area is 164 Å². The van der Waals surface area contributed by atoms with Gasteiger partial charge in [-0.15, -0.1) is 0 Å². The molecule has 7 nitrogen and oxygen atoms in total. The number of carbonyl (C=O) groups is 3. The van der Waals surface area contributed by atoms with Crippen LogP contribution in [0.4, 0.5) is 5.69 Å². The third-order valence-corrected chi connectivity index (χ3v) is 5.11. The summed E-state index contributed by atoms with van der Waals surface area (Å²) < 4.78 is 5.46. The van der Waals surface area contributed by atoms with Gasteiger partial charge in [0.15, 0.2) is 0 Å². The minimum atomic E-state index is -1.10. The number of amides is 2. The minimum absolute atomic E-state index is 0.0486. The molecule has 138 valence electrons. The van der Waals surface area contributed by atoms with E-state index in [1.807, 2.05) is 0 Å². The van der Waals surface area contributed by atoms with Crippen molar-refractivity contribution < 1.29 is 23.9 Å². The van der Waals surface area contributed by atoms with Crippen molar-refractivity contribution in [2.75, 3.05) is 5.32 Å². The van der Waals surface area contributed by atoms with Gasteiger partial charge >= 0.3 is 5.97 Å².